The van der Waals surface area contributed by atoms with Gasteiger partial charge in [0.2, 0.25) is 11.8 Å². The summed E-state index contributed by atoms with van der Waals surface area (Å²) >= 11 is 0. The average molecular weight is 554 g/mol. The first-order valence-electron chi connectivity index (χ1n) is 14.0. The van der Waals surface area contributed by atoms with Gasteiger partial charge in [0.15, 0.2) is 0 Å². The first-order valence-corrected chi connectivity index (χ1v) is 14.0. The van der Waals surface area contributed by atoms with Crippen LogP contribution in [-0.2, 0) is 14.3 Å². The van der Waals surface area contributed by atoms with Gasteiger partial charge in [-0.3, -0.25) is 29.4 Å². The van der Waals surface area contributed by atoms with E-state index < -0.39 is 41.3 Å². The molecule has 214 valence electrons. The molecule has 4 aliphatic carbocycles. The third-order valence-electron chi connectivity index (χ3n) is 9.37. The summed E-state index contributed by atoms with van der Waals surface area (Å²) < 4.78 is 5.79. The number of rotatable bonds is 9. The zero-order valence-electron chi connectivity index (χ0n) is 22.3. The van der Waals surface area contributed by atoms with Crippen molar-refractivity contribution >= 4 is 35.4 Å². The lowest BCUT2D eigenvalue weighted by Crippen LogP contribution is -2.69. The Morgan fingerprint density at radius 2 is 1.88 bits per heavy atom. The van der Waals surface area contributed by atoms with Gasteiger partial charge >= 0.3 is 6.09 Å². The van der Waals surface area contributed by atoms with Gasteiger partial charge in [0.25, 0.3) is 11.8 Å². The topological polar surface area (TPSA) is 171 Å². The van der Waals surface area contributed by atoms with Crippen LogP contribution < -0.4 is 16.4 Å². The summed E-state index contributed by atoms with van der Waals surface area (Å²) in [4.78, 5) is 64.8. The Morgan fingerprint density at radius 3 is 2.55 bits per heavy atom. The van der Waals surface area contributed by atoms with Crippen molar-refractivity contribution in [3.63, 3.8) is 0 Å². The minimum absolute atomic E-state index is 0.0565. The summed E-state index contributed by atoms with van der Waals surface area (Å²) in [5, 5.41) is 15.4. The molecular formula is C28H35N5O7. The molecular weight excluding hydrogens is 518 g/mol. The van der Waals surface area contributed by atoms with Crippen LogP contribution in [0.1, 0.15) is 72.1 Å². The summed E-state index contributed by atoms with van der Waals surface area (Å²) in [7, 11) is 0. The number of anilines is 1. The first-order chi connectivity index (χ1) is 19.1. The summed E-state index contributed by atoms with van der Waals surface area (Å²) in [5.74, 6) is -1.24. The van der Waals surface area contributed by atoms with E-state index in [1.807, 2.05) is 0 Å². The van der Waals surface area contributed by atoms with Gasteiger partial charge in [-0.05, 0) is 68.9 Å². The summed E-state index contributed by atoms with van der Waals surface area (Å²) in [6.45, 7) is 1.08. The molecule has 0 aromatic heterocycles. The van der Waals surface area contributed by atoms with E-state index in [1.165, 1.54) is 0 Å². The van der Waals surface area contributed by atoms with Gasteiger partial charge < -0.3 is 25.8 Å². The molecule has 12 nitrogen and oxygen atoms in total. The van der Waals surface area contributed by atoms with Gasteiger partial charge in [-0.2, -0.15) is 0 Å². The maximum absolute atomic E-state index is 13.2. The lowest BCUT2D eigenvalue weighted by molar-refractivity contribution is -0.136. The van der Waals surface area contributed by atoms with Gasteiger partial charge in [-0.1, -0.05) is 6.07 Å². The van der Waals surface area contributed by atoms with Crippen LogP contribution in [0.3, 0.4) is 0 Å². The number of carboxylic acid groups (broad SMARTS) is 1. The van der Waals surface area contributed by atoms with E-state index in [4.69, 9.17) is 10.5 Å². The van der Waals surface area contributed by atoms with Gasteiger partial charge in [0, 0.05) is 36.3 Å². The van der Waals surface area contributed by atoms with Crippen LogP contribution in [0.4, 0.5) is 10.5 Å². The van der Waals surface area contributed by atoms with Crippen molar-refractivity contribution in [1.29, 1.82) is 0 Å². The number of nitrogens with two attached hydrogens (primary N) is 1. The number of carbonyl (C=O) groups is 5. The second kappa shape index (κ2) is 9.84. The predicted molar refractivity (Wildman–Crippen MR) is 141 cm³/mol. The van der Waals surface area contributed by atoms with Gasteiger partial charge in [0.05, 0.1) is 24.3 Å². The fourth-order valence-corrected chi connectivity index (χ4v) is 8.31. The molecule has 7 rings (SSSR count). The molecule has 4 bridgehead atoms. The molecule has 0 radical (unpaired) electrons. The van der Waals surface area contributed by atoms with E-state index in [9.17, 15) is 29.1 Å². The number of imide groups is 2. The molecule has 0 spiro atoms. The van der Waals surface area contributed by atoms with E-state index in [0.717, 1.165) is 37.0 Å². The number of nitrogens with zero attached hydrogens (tertiary/aromatic N) is 2. The van der Waals surface area contributed by atoms with Crippen molar-refractivity contribution in [2.75, 3.05) is 31.6 Å². The molecule has 6 aliphatic rings. The molecule has 3 atom stereocenters. The Hall–Kier alpha value is -3.51. The largest absolute Gasteiger partial charge is 0.465 e. The van der Waals surface area contributed by atoms with Crippen LogP contribution in [0, 0.1) is 11.8 Å². The number of hydrogen-bond donors (Lipinski definition) is 4. The zero-order chi connectivity index (χ0) is 28.2. The van der Waals surface area contributed by atoms with Crippen LogP contribution in [0.15, 0.2) is 18.2 Å². The van der Waals surface area contributed by atoms with E-state index in [-0.39, 0.29) is 49.3 Å². The molecule has 12 heteroatoms. The van der Waals surface area contributed by atoms with Crippen molar-refractivity contribution in [3.05, 3.63) is 29.3 Å². The lowest BCUT2D eigenvalue weighted by atomic mass is 9.49. The van der Waals surface area contributed by atoms with E-state index in [1.54, 1.807) is 23.1 Å². The maximum Gasteiger partial charge on any atom is 0.407 e. The van der Waals surface area contributed by atoms with E-state index in [0.29, 0.717) is 30.5 Å². The third-order valence-corrected chi connectivity index (χ3v) is 9.37. The summed E-state index contributed by atoms with van der Waals surface area (Å²) in [5.41, 5.74) is 6.84. The van der Waals surface area contributed by atoms with Crippen LogP contribution in [0.2, 0.25) is 0 Å². The fourth-order valence-electron chi connectivity index (χ4n) is 8.31. The molecule has 2 heterocycles. The fraction of sp³-hybridized carbons (Fsp3) is 0.607. The number of piperidine rings is 1. The standard InChI is InChI=1S/C28H35N5O7/c29-27-11-16-10-17(12-27)14-28(13-16,15-27)32(26(38)39)7-9-40-8-6-30-19-3-1-2-18-22(19)25(37)33(24(18)36)20-4-5-21(34)31-23(20)35/h1-3,16-17,20,30H,4-15,29H2,(H,38,39)(H,31,34,35). The third kappa shape index (κ3) is 4.52. The Morgan fingerprint density at radius 1 is 1.12 bits per heavy atom. The number of carbonyl (C=O) groups excluding carboxylic acids is 4. The van der Waals surface area contributed by atoms with E-state index >= 15 is 0 Å². The molecule has 1 saturated heterocycles. The van der Waals surface area contributed by atoms with Crippen molar-refractivity contribution in [2.24, 2.45) is 17.6 Å². The number of nitrogens with one attached hydrogen (secondary N) is 2. The minimum Gasteiger partial charge on any atom is -0.465 e. The molecule has 1 aromatic rings. The normalized spacial score (nSPS) is 32.3. The number of hydrogen-bond acceptors (Lipinski definition) is 8. The highest BCUT2D eigenvalue weighted by atomic mass is 16.5. The van der Waals surface area contributed by atoms with Gasteiger partial charge in [-0.15, -0.1) is 0 Å². The lowest BCUT2D eigenvalue weighted by Gasteiger charge is -2.63. The minimum atomic E-state index is -1.03. The van der Waals surface area contributed by atoms with Crippen LogP contribution in [-0.4, -0.2) is 88.1 Å². The number of amides is 5. The maximum atomic E-state index is 13.2. The average Bonchev–Trinajstić information content (AvgIpc) is 3.12. The van der Waals surface area contributed by atoms with E-state index in [2.05, 4.69) is 10.6 Å². The monoisotopic (exact) mass is 553 g/mol. The summed E-state index contributed by atoms with van der Waals surface area (Å²) in [6.07, 6.45) is 4.80. The molecule has 1 aromatic carbocycles. The Labute approximate surface area is 231 Å². The molecule has 2 aliphatic heterocycles. The Kier molecular flexibility index (Phi) is 6.57. The number of benzene rings is 1. The van der Waals surface area contributed by atoms with Crippen molar-refractivity contribution in [1.82, 2.24) is 15.1 Å². The Balaban J connectivity index is 1.04. The van der Waals surface area contributed by atoms with Crippen LogP contribution in [0.5, 0.6) is 0 Å². The first kappa shape index (κ1) is 26.7. The van der Waals surface area contributed by atoms with Crippen molar-refractivity contribution in [3.8, 4) is 0 Å². The highest BCUT2D eigenvalue weighted by Crippen LogP contribution is 2.58. The molecule has 40 heavy (non-hydrogen) atoms. The smallest absolute Gasteiger partial charge is 0.407 e. The van der Waals surface area contributed by atoms with Gasteiger partial charge in [0.1, 0.15) is 6.04 Å². The molecule has 5 N–H and O–H groups in total. The second-order valence-electron chi connectivity index (χ2n) is 12.2. The highest BCUT2D eigenvalue weighted by molar-refractivity contribution is 6.25. The summed E-state index contributed by atoms with van der Waals surface area (Å²) in [6, 6.07) is 3.85. The van der Waals surface area contributed by atoms with Gasteiger partial charge in [-0.25, -0.2) is 4.79 Å². The zero-order valence-corrected chi connectivity index (χ0v) is 22.3. The molecule has 5 fully saturated rings. The molecule has 5 amide bonds. The number of fused-ring (bicyclic) bond motifs is 1. The molecule has 4 saturated carbocycles. The number of ether oxygens (including phenoxy) is 1. The SMILES string of the molecule is NC12CC3CC(C1)CC(N(CCOCCNc1cccc4c1C(=O)N(C1CCC(=O)NC1=O)C4=O)C(=O)O)(C3)C2. The van der Waals surface area contributed by atoms with Crippen molar-refractivity contribution in [2.45, 2.75) is 68.5 Å². The second-order valence-corrected chi connectivity index (χ2v) is 12.2. The Bertz CT molecular complexity index is 1270. The highest BCUT2D eigenvalue weighted by Gasteiger charge is 2.59. The predicted octanol–water partition coefficient (Wildman–Crippen LogP) is 1.55. The van der Waals surface area contributed by atoms with Crippen LogP contribution in [0.25, 0.3) is 0 Å². The molecule has 3 unspecified atom stereocenters. The quantitative estimate of drug-likeness (QED) is 0.261. The van der Waals surface area contributed by atoms with Crippen LogP contribution >= 0.6 is 0 Å². The van der Waals surface area contributed by atoms with Crippen molar-refractivity contribution < 1.29 is 33.8 Å².